The Hall–Kier alpha value is -3.15. The van der Waals surface area contributed by atoms with Crippen LogP contribution in [0.5, 0.6) is 5.75 Å². The number of pyridine rings is 1. The summed E-state index contributed by atoms with van der Waals surface area (Å²) in [6.45, 7) is 9.79. The van der Waals surface area contributed by atoms with Gasteiger partial charge < -0.3 is 9.47 Å². The summed E-state index contributed by atoms with van der Waals surface area (Å²) in [7, 11) is 0. The molecule has 0 unspecified atom stereocenters. The molecule has 6 nitrogen and oxygen atoms in total. The van der Waals surface area contributed by atoms with Gasteiger partial charge in [0.15, 0.2) is 6.10 Å². The Morgan fingerprint density at radius 2 is 1.83 bits per heavy atom. The molecule has 1 aromatic carbocycles. The first-order chi connectivity index (χ1) is 13.6. The second-order valence-corrected chi connectivity index (χ2v) is 8.09. The molecular formula is C23H26N2O4. The maximum Gasteiger partial charge on any atom is 0.347 e. The van der Waals surface area contributed by atoms with E-state index in [2.05, 4.69) is 25.8 Å². The first-order valence-electron chi connectivity index (χ1n) is 9.57. The van der Waals surface area contributed by atoms with E-state index in [0.717, 1.165) is 5.69 Å². The molecular weight excluding hydrogens is 368 g/mol. The lowest BCUT2D eigenvalue weighted by molar-refractivity contribution is -0.152. The Morgan fingerprint density at radius 1 is 1.14 bits per heavy atom. The number of rotatable bonds is 5. The average Bonchev–Trinajstić information content (AvgIpc) is 2.65. The van der Waals surface area contributed by atoms with E-state index in [1.54, 1.807) is 13.0 Å². The van der Waals surface area contributed by atoms with E-state index < -0.39 is 12.1 Å². The Kier molecular flexibility index (Phi) is 5.73. The number of aromatic nitrogens is 2. The standard InChI is InChI=1S/C23H26N2O4/c1-15-7-6-8-20-24-18(13-21(26)25(15)20)14-28-22(27)16(2)29-19-11-9-17(10-12-19)23(3,4)5/h6-13,16H,14H2,1-5H3/t16-/m1/s1. The number of fused-ring (bicyclic) bond motifs is 1. The van der Waals surface area contributed by atoms with Gasteiger partial charge in [-0.2, -0.15) is 0 Å². The molecule has 0 bridgehead atoms. The SMILES string of the molecule is Cc1cccc2nc(COC(=O)[C@@H](C)Oc3ccc(C(C)(C)C)cc3)cc(=O)n12. The molecule has 0 saturated carbocycles. The summed E-state index contributed by atoms with van der Waals surface area (Å²) >= 11 is 0. The molecule has 0 N–H and O–H groups in total. The van der Waals surface area contributed by atoms with E-state index in [9.17, 15) is 9.59 Å². The third-order valence-electron chi connectivity index (χ3n) is 4.66. The van der Waals surface area contributed by atoms with Crippen LogP contribution < -0.4 is 10.3 Å². The average molecular weight is 394 g/mol. The molecule has 29 heavy (non-hydrogen) atoms. The van der Waals surface area contributed by atoms with Crippen molar-refractivity contribution in [2.75, 3.05) is 0 Å². The zero-order valence-corrected chi connectivity index (χ0v) is 17.4. The predicted octanol–water partition coefficient (Wildman–Crippen LogP) is 3.81. The van der Waals surface area contributed by atoms with Gasteiger partial charge in [0, 0.05) is 11.8 Å². The van der Waals surface area contributed by atoms with Crippen molar-refractivity contribution >= 4 is 11.6 Å². The van der Waals surface area contributed by atoms with Crippen molar-refractivity contribution in [2.24, 2.45) is 0 Å². The van der Waals surface area contributed by atoms with Crippen LogP contribution >= 0.6 is 0 Å². The van der Waals surface area contributed by atoms with Crippen LogP contribution in [0.1, 0.15) is 44.6 Å². The second kappa shape index (κ2) is 8.07. The van der Waals surface area contributed by atoms with Gasteiger partial charge in [0.2, 0.25) is 0 Å². The molecule has 0 spiro atoms. The minimum Gasteiger partial charge on any atom is -0.479 e. The highest BCUT2D eigenvalue weighted by Crippen LogP contribution is 2.24. The van der Waals surface area contributed by atoms with E-state index in [-0.39, 0.29) is 17.6 Å². The van der Waals surface area contributed by atoms with E-state index in [4.69, 9.17) is 9.47 Å². The molecule has 0 aliphatic heterocycles. The number of hydrogen-bond acceptors (Lipinski definition) is 5. The summed E-state index contributed by atoms with van der Waals surface area (Å²) in [5, 5.41) is 0. The fourth-order valence-electron chi connectivity index (χ4n) is 2.99. The van der Waals surface area contributed by atoms with Crippen molar-refractivity contribution < 1.29 is 14.3 Å². The summed E-state index contributed by atoms with van der Waals surface area (Å²) in [4.78, 5) is 29.0. The number of carbonyl (C=O) groups is 1. The lowest BCUT2D eigenvalue weighted by atomic mass is 9.87. The van der Waals surface area contributed by atoms with Gasteiger partial charge in [0.1, 0.15) is 18.0 Å². The molecule has 1 atom stereocenters. The van der Waals surface area contributed by atoms with Crippen LogP contribution in [0.3, 0.4) is 0 Å². The lowest BCUT2D eigenvalue weighted by Crippen LogP contribution is -2.26. The van der Waals surface area contributed by atoms with Gasteiger partial charge in [-0.15, -0.1) is 0 Å². The number of carbonyl (C=O) groups excluding carboxylic acids is 1. The van der Waals surface area contributed by atoms with E-state index >= 15 is 0 Å². The number of ether oxygens (including phenoxy) is 2. The minimum atomic E-state index is -0.778. The van der Waals surface area contributed by atoms with Crippen LogP contribution in [0.4, 0.5) is 0 Å². The van der Waals surface area contributed by atoms with Crippen LogP contribution in [0.25, 0.3) is 5.65 Å². The highest BCUT2D eigenvalue weighted by molar-refractivity contribution is 5.74. The number of nitrogens with zero attached hydrogens (tertiary/aromatic N) is 2. The lowest BCUT2D eigenvalue weighted by Gasteiger charge is -2.20. The first kappa shape index (κ1) is 20.6. The second-order valence-electron chi connectivity index (χ2n) is 8.09. The summed E-state index contributed by atoms with van der Waals surface area (Å²) in [5.74, 6) is 0.0798. The van der Waals surface area contributed by atoms with Gasteiger partial charge in [0.25, 0.3) is 5.56 Å². The largest absolute Gasteiger partial charge is 0.479 e. The summed E-state index contributed by atoms with van der Waals surface area (Å²) in [6.07, 6.45) is -0.778. The fraction of sp³-hybridized carbons (Fsp3) is 0.348. The normalized spacial score (nSPS) is 12.6. The van der Waals surface area contributed by atoms with Crippen molar-refractivity contribution in [2.45, 2.75) is 52.7 Å². The molecule has 0 saturated heterocycles. The molecule has 152 valence electrons. The molecule has 0 amide bonds. The highest BCUT2D eigenvalue weighted by Gasteiger charge is 2.18. The summed E-state index contributed by atoms with van der Waals surface area (Å²) < 4.78 is 12.5. The monoisotopic (exact) mass is 394 g/mol. The topological polar surface area (TPSA) is 69.9 Å². The Labute approximate surface area is 170 Å². The molecule has 2 aromatic heterocycles. The quantitative estimate of drug-likeness (QED) is 0.616. The molecule has 6 heteroatoms. The highest BCUT2D eigenvalue weighted by atomic mass is 16.6. The van der Waals surface area contributed by atoms with E-state index in [0.29, 0.717) is 17.1 Å². The number of hydrogen-bond donors (Lipinski definition) is 0. The van der Waals surface area contributed by atoms with Crippen molar-refractivity contribution in [3.05, 3.63) is 75.8 Å². The van der Waals surface area contributed by atoms with Crippen LogP contribution in [0.2, 0.25) is 0 Å². The van der Waals surface area contributed by atoms with Gasteiger partial charge in [-0.05, 0) is 49.1 Å². The zero-order valence-electron chi connectivity index (χ0n) is 17.4. The number of esters is 1. The smallest absolute Gasteiger partial charge is 0.347 e. The van der Waals surface area contributed by atoms with Crippen LogP contribution in [0, 0.1) is 6.92 Å². The molecule has 3 rings (SSSR count). The maximum absolute atomic E-state index is 12.3. The van der Waals surface area contributed by atoms with Crippen LogP contribution in [-0.2, 0) is 21.6 Å². The molecule has 0 radical (unpaired) electrons. The van der Waals surface area contributed by atoms with Gasteiger partial charge >= 0.3 is 5.97 Å². The molecule has 3 aromatic rings. The van der Waals surface area contributed by atoms with Gasteiger partial charge in [-0.25, -0.2) is 9.78 Å². The Morgan fingerprint density at radius 3 is 2.48 bits per heavy atom. The first-order valence-corrected chi connectivity index (χ1v) is 9.57. The number of benzene rings is 1. The fourth-order valence-corrected chi connectivity index (χ4v) is 2.99. The third kappa shape index (κ3) is 4.83. The third-order valence-corrected chi connectivity index (χ3v) is 4.66. The van der Waals surface area contributed by atoms with Gasteiger partial charge in [-0.1, -0.05) is 39.0 Å². The summed E-state index contributed by atoms with van der Waals surface area (Å²) in [6, 6.07) is 14.5. The van der Waals surface area contributed by atoms with Crippen molar-refractivity contribution in [3.8, 4) is 5.75 Å². The van der Waals surface area contributed by atoms with Crippen LogP contribution in [-0.4, -0.2) is 21.5 Å². The van der Waals surface area contributed by atoms with Gasteiger partial charge in [0.05, 0.1) is 5.69 Å². The van der Waals surface area contributed by atoms with Crippen molar-refractivity contribution in [3.63, 3.8) is 0 Å². The molecule has 0 aliphatic rings. The van der Waals surface area contributed by atoms with Crippen molar-refractivity contribution in [1.29, 1.82) is 0 Å². The molecule has 0 aliphatic carbocycles. The minimum absolute atomic E-state index is 0.0488. The van der Waals surface area contributed by atoms with E-state index in [1.165, 1.54) is 16.0 Å². The van der Waals surface area contributed by atoms with Crippen LogP contribution in [0.15, 0.2) is 53.3 Å². The zero-order chi connectivity index (χ0) is 21.2. The predicted molar refractivity (Wildman–Crippen MR) is 111 cm³/mol. The summed E-state index contributed by atoms with van der Waals surface area (Å²) in [5.41, 5.74) is 2.74. The van der Waals surface area contributed by atoms with Crippen molar-refractivity contribution in [1.82, 2.24) is 9.38 Å². The Balaban J connectivity index is 1.63. The maximum atomic E-state index is 12.3. The molecule has 2 heterocycles. The van der Waals surface area contributed by atoms with Gasteiger partial charge in [-0.3, -0.25) is 9.20 Å². The van der Waals surface area contributed by atoms with E-state index in [1.807, 2.05) is 43.3 Å². The Bertz CT molecular complexity index is 1080. The molecule has 0 fully saturated rings. The number of aryl methyl sites for hydroxylation is 1.